The zero-order valence-electron chi connectivity index (χ0n) is 11.4. The van der Waals surface area contributed by atoms with Crippen molar-refractivity contribution in [3.05, 3.63) is 45.5 Å². The number of hydrogen-bond acceptors (Lipinski definition) is 2. The third kappa shape index (κ3) is 2.31. The molecule has 0 saturated heterocycles. The molecule has 0 aliphatic carbocycles. The van der Waals surface area contributed by atoms with Crippen molar-refractivity contribution in [3.63, 3.8) is 0 Å². The van der Waals surface area contributed by atoms with Gasteiger partial charge in [-0.15, -0.1) is 0 Å². The summed E-state index contributed by atoms with van der Waals surface area (Å²) < 4.78 is 15.7. The molecule has 1 aromatic carbocycles. The zero-order valence-corrected chi connectivity index (χ0v) is 11.4. The third-order valence-electron chi connectivity index (χ3n) is 3.52. The summed E-state index contributed by atoms with van der Waals surface area (Å²) in [4.78, 5) is 23.1. The summed E-state index contributed by atoms with van der Waals surface area (Å²) >= 11 is 0. The van der Waals surface area contributed by atoms with Gasteiger partial charge in [-0.1, -0.05) is 6.07 Å². The van der Waals surface area contributed by atoms with Crippen LogP contribution in [-0.4, -0.2) is 15.6 Å². The number of aromatic nitrogens is 1. The van der Waals surface area contributed by atoms with E-state index >= 15 is 0 Å². The number of fused-ring (bicyclic) bond motifs is 1. The van der Waals surface area contributed by atoms with Gasteiger partial charge in [0.1, 0.15) is 5.82 Å². The number of nitrogens with zero attached hydrogens (tertiary/aromatic N) is 1. The Balaban J connectivity index is 2.78. The van der Waals surface area contributed by atoms with Crippen LogP contribution in [0.1, 0.15) is 24.6 Å². The molecule has 0 saturated carbocycles. The number of aliphatic carboxylic acids is 1. The van der Waals surface area contributed by atoms with Crippen molar-refractivity contribution in [1.29, 1.82) is 0 Å². The maximum atomic E-state index is 14.0. The van der Waals surface area contributed by atoms with Crippen molar-refractivity contribution in [2.45, 2.75) is 33.2 Å². The summed E-state index contributed by atoms with van der Waals surface area (Å²) in [5, 5.41) is 9.08. The SMILES string of the molecule is CCn1c(C)c(CCC(=O)O)c(=O)c2cccc(F)c21. The summed E-state index contributed by atoms with van der Waals surface area (Å²) in [5.74, 6) is -1.39. The molecule has 0 fully saturated rings. The largest absolute Gasteiger partial charge is 0.481 e. The second-order valence-electron chi connectivity index (χ2n) is 4.67. The maximum Gasteiger partial charge on any atom is 0.303 e. The van der Waals surface area contributed by atoms with E-state index in [0.29, 0.717) is 23.2 Å². The number of halogens is 1. The van der Waals surface area contributed by atoms with Crippen LogP contribution < -0.4 is 5.43 Å². The minimum Gasteiger partial charge on any atom is -0.481 e. The van der Waals surface area contributed by atoms with Crippen molar-refractivity contribution in [3.8, 4) is 0 Å². The minimum absolute atomic E-state index is 0.110. The summed E-state index contributed by atoms with van der Waals surface area (Å²) in [6, 6.07) is 4.40. The van der Waals surface area contributed by atoms with E-state index in [9.17, 15) is 14.0 Å². The first-order chi connectivity index (χ1) is 9.47. The number of carboxylic acid groups (broad SMARTS) is 1. The van der Waals surface area contributed by atoms with Gasteiger partial charge in [-0.05, 0) is 32.4 Å². The van der Waals surface area contributed by atoms with Gasteiger partial charge in [0, 0.05) is 29.6 Å². The Bertz CT molecular complexity index is 734. The number of carboxylic acids is 1. The molecule has 5 heteroatoms. The standard InChI is InChI=1S/C15H16FNO3/c1-3-17-9(2)10(7-8-13(18)19)15(20)11-5-4-6-12(16)14(11)17/h4-6H,3,7-8H2,1-2H3,(H,18,19). The number of pyridine rings is 1. The van der Waals surface area contributed by atoms with E-state index in [1.807, 2.05) is 6.92 Å². The van der Waals surface area contributed by atoms with Crippen LogP contribution in [0.2, 0.25) is 0 Å². The first kappa shape index (κ1) is 14.2. The molecule has 1 heterocycles. The van der Waals surface area contributed by atoms with E-state index in [2.05, 4.69) is 0 Å². The highest BCUT2D eigenvalue weighted by molar-refractivity contribution is 5.81. The minimum atomic E-state index is -0.953. The normalized spacial score (nSPS) is 10.9. The zero-order chi connectivity index (χ0) is 14.9. The fraction of sp³-hybridized carbons (Fsp3) is 0.333. The molecular weight excluding hydrogens is 261 g/mol. The number of hydrogen-bond donors (Lipinski definition) is 1. The summed E-state index contributed by atoms with van der Waals surface area (Å²) in [7, 11) is 0. The smallest absolute Gasteiger partial charge is 0.303 e. The highest BCUT2D eigenvalue weighted by Crippen LogP contribution is 2.19. The van der Waals surface area contributed by atoms with Crippen molar-refractivity contribution in [1.82, 2.24) is 4.57 Å². The Morgan fingerprint density at radius 1 is 1.40 bits per heavy atom. The van der Waals surface area contributed by atoms with E-state index in [-0.39, 0.29) is 23.8 Å². The lowest BCUT2D eigenvalue weighted by Gasteiger charge is -2.16. The number of rotatable bonds is 4. The Kier molecular flexibility index (Phi) is 3.88. The summed E-state index contributed by atoms with van der Waals surface area (Å²) in [6.45, 7) is 4.11. The number of para-hydroxylation sites is 1. The van der Waals surface area contributed by atoms with E-state index in [4.69, 9.17) is 5.11 Å². The van der Waals surface area contributed by atoms with Crippen LogP contribution in [0.15, 0.2) is 23.0 Å². The van der Waals surface area contributed by atoms with Crippen LogP contribution in [0.4, 0.5) is 4.39 Å². The molecular formula is C15H16FNO3. The monoisotopic (exact) mass is 277 g/mol. The Morgan fingerprint density at radius 3 is 2.70 bits per heavy atom. The summed E-state index contributed by atoms with van der Waals surface area (Å²) in [5.41, 5.74) is 1.10. The molecule has 4 nitrogen and oxygen atoms in total. The average molecular weight is 277 g/mol. The molecule has 2 rings (SSSR count). The molecule has 1 N–H and O–H groups in total. The van der Waals surface area contributed by atoms with Crippen molar-refractivity contribution in [2.75, 3.05) is 0 Å². The molecule has 0 aliphatic heterocycles. The van der Waals surface area contributed by atoms with Crippen LogP contribution in [-0.2, 0) is 17.8 Å². The van der Waals surface area contributed by atoms with Gasteiger partial charge in [0.15, 0.2) is 5.43 Å². The molecule has 0 bridgehead atoms. The highest BCUT2D eigenvalue weighted by atomic mass is 19.1. The van der Waals surface area contributed by atoms with Crippen LogP contribution >= 0.6 is 0 Å². The molecule has 1 aromatic heterocycles. The number of carbonyl (C=O) groups is 1. The first-order valence-corrected chi connectivity index (χ1v) is 6.49. The molecule has 0 radical (unpaired) electrons. The number of aryl methyl sites for hydroxylation is 1. The first-order valence-electron chi connectivity index (χ1n) is 6.49. The van der Waals surface area contributed by atoms with Gasteiger partial charge in [-0.3, -0.25) is 9.59 Å². The predicted molar refractivity (Wildman–Crippen MR) is 74.5 cm³/mol. The van der Waals surface area contributed by atoms with E-state index < -0.39 is 11.8 Å². The van der Waals surface area contributed by atoms with Gasteiger partial charge in [0.2, 0.25) is 0 Å². The lowest BCUT2D eigenvalue weighted by Crippen LogP contribution is -2.20. The van der Waals surface area contributed by atoms with Crippen LogP contribution in [0.25, 0.3) is 10.9 Å². The Labute approximate surface area is 115 Å². The Hall–Kier alpha value is -2.17. The average Bonchev–Trinajstić information content (AvgIpc) is 2.40. The second-order valence-corrected chi connectivity index (χ2v) is 4.67. The molecule has 0 aliphatic rings. The molecule has 20 heavy (non-hydrogen) atoms. The van der Waals surface area contributed by atoms with Gasteiger partial charge < -0.3 is 9.67 Å². The molecule has 106 valence electrons. The van der Waals surface area contributed by atoms with Crippen LogP contribution in [0.3, 0.4) is 0 Å². The fourth-order valence-electron chi connectivity index (χ4n) is 2.55. The van der Waals surface area contributed by atoms with Gasteiger partial charge in [0.25, 0.3) is 0 Å². The topological polar surface area (TPSA) is 59.3 Å². The molecule has 2 aromatic rings. The third-order valence-corrected chi connectivity index (χ3v) is 3.52. The van der Waals surface area contributed by atoms with E-state index in [1.165, 1.54) is 12.1 Å². The van der Waals surface area contributed by atoms with Crippen molar-refractivity contribution in [2.24, 2.45) is 0 Å². The lowest BCUT2D eigenvalue weighted by atomic mass is 10.0. The highest BCUT2D eigenvalue weighted by Gasteiger charge is 2.16. The molecule has 0 atom stereocenters. The van der Waals surface area contributed by atoms with Crippen molar-refractivity contribution < 1.29 is 14.3 Å². The predicted octanol–water partition coefficient (Wildman–Crippen LogP) is 2.49. The Morgan fingerprint density at radius 2 is 2.10 bits per heavy atom. The number of benzene rings is 1. The van der Waals surface area contributed by atoms with Gasteiger partial charge in [0.05, 0.1) is 5.52 Å². The van der Waals surface area contributed by atoms with Gasteiger partial charge >= 0.3 is 5.97 Å². The second kappa shape index (κ2) is 5.45. The van der Waals surface area contributed by atoms with Crippen LogP contribution in [0, 0.1) is 12.7 Å². The van der Waals surface area contributed by atoms with E-state index in [0.717, 1.165) is 0 Å². The maximum absolute atomic E-state index is 14.0. The molecule has 0 unspecified atom stereocenters. The summed E-state index contributed by atoms with van der Waals surface area (Å²) in [6.07, 6.45) is 0.0487. The quantitative estimate of drug-likeness (QED) is 0.934. The van der Waals surface area contributed by atoms with Gasteiger partial charge in [-0.25, -0.2) is 4.39 Å². The molecule has 0 amide bonds. The van der Waals surface area contributed by atoms with Crippen molar-refractivity contribution >= 4 is 16.9 Å². The fourth-order valence-corrected chi connectivity index (χ4v) is 2.55. The van der Waals surface area contributed by atoms with E-state index in [1.54, 1.807) is 17.6 Å². The molecule has 0 spiro atoms. The van der Waals surface area contributed by atoms with Gasteiger partial charge in [-0.2, -0.15) is 0 Å². The lowest BCUT2D eigenvalue weighted by molar-refractivity contribution is -0.136. The van der Waals surface area contributed by atoms with Crippen LogP contribution in [0.5, 0.6) is 0 Å².